The first kappa shape index (κ1) is 103. The van der Waals surface area contributed by atoms with Crippen LogP contribution in [0.3, 0.4) is 0 Å². The van der Waals surface area contributed by atoms with Gasteiger partial charge in [0, 0.05) is 47.7 Å². The number of aliphatic imine (C=N–C) groups is 6. The predicted octanol–water partition coefficient (Wildman–Crippen LogP) is 14.5. The average Bonchev–Trinajstić information content (AvgIpc) is 0.725. The molecule has 6 unspecified atom stereocenters. The van der Waals surface area contributed by atoms with Crippen molar-refractivity contribution in [3.05, 3.63) is 205 Å². The lowest BCUT2D eigenvalue weighted by Gasteiger charge is -2.46. The van der Waals surface area contributed by atoms with E-state index in [0.29, 0.717) is 108 Å². The van der Waals surface area contributed by atoms with Gasteiger partial charge in [0.2, 0.25) is 36.5 Å². The summed E-state index contributed by atoms with van der Waals surface area (Å²) in [5.41, 5.74) is -4.33. The number of nitrogens with zero attached hydrogens (tertiary/aromatic N) is 15. The highest BCUT2D eigenvalue weighted by Gasteiger charge is 2.47. The third-order valence-electron chi connectivity index (χ3n) is 24.5. The number of amides is 3. The number of ether oxygens (including phenoxy) is 6. The fourth-order valence-electron chi connectivity index (χ4n) is 19.3. The van der Waals surface area contributed by atoms with E-state index in [1.165, 1.54) is 86.5 Å². The Hall–Kier alpha value is -15.9. The van der Waals surface area contributed by atoms with Gasteiger partial charge in [-0.2, -0.15) is 15.0 Å². The van der Waals surface area contributed by atoms with Crippen molar-refractivity contribution in [3.8, 4) is 53.1 Å². The summed E-state index contributed by atoms with van der Waals surface area (Å²) in [6, 6.07) is 26.7. The summed E-state index contributed by atoms with van der Waals surface area (Å²) in [5, 5.41) is 34.6. The maximum Gasteiger partial charge on any atom is 0.411 e. The van der Waals surface area contributed by atoms with E-state index in [2.05, 4.69) is 87.4 Å². The highest BCUT2D eigenvalue weighted by Crippen LogP contribution is 2.51. The Morgan fingerprint density at radius 3 is 0.926 bits per heavy atom. The summed E-state index contributed by atoms with van der Waals surface area (Å²) in [6.07, 6.45) is 17.3. The Labute approximate surface area is 774 Å². The van der Waals surface area contributed by atoms with Crippen LogP contribution in [0.15, 0.2) is 168 Å². The molecule has 704 valence electrons. The molecule has 2 heterocycles. The van der Waals surface area contributed by atoms with E-state index in [0.717, 1.165) is 13.7 Å². The van der Waals surface area contributed by atoms with E-state index in [1.54, 1.807) is 140 Å². The van der Waals surface area contributed by atoms with Crippen molar-refractivity contribution < 1.29 is 71.6 Å². The highest BCUT2D eigenvalue weighted by molar-refractivity contribution is 5.89. The van der Waals surface area contributed by atoms with Crippen molar-refractivity contribution in [2.24, 2.45) is 67.9 Å². The second-order valence-electron chi connectivity index (χ2n) is 37.5. The number of hydrogen-bond acceptors (Lipinski definition) is 30. The first-order valence-corrected chi connectivity index (χ1v) is 42.9. The fraction of sp³-hybridized carbons (Fsp3) is 0.438. The fourth-order valence-corrected chi connectivity index (χ4v) is 19.3. The van der Waals surface area contributed by atoms with Gasteiger partial charge in [-0.15, -0.1) is 15.8 Å². The minimum Gasteiger partial charge on any atom is -0.448 e. The molecule has 3 saturated carbocycles. The van der Waals surface area contributed by atoms with Gasteiger partial charge >= 0.3 is 52.4 Å². The summed E-state index contributed by atoms with van der Waals surface area (Å²) in [7, 11) is 0. The van der Waals surface area contributed by atoms with Crippen LogP contribution in [0.2, 0.25) is 0 Å². The number of nitrogens with one attached hydrogen (secondary N) is 3. The number of rotatable bonds is 28. The van der Waals surface area contributed by atoms with Gasteiger partial charge in [-0.05, 0) is 228 Å². The van der Waals surface area contributed by atoms with E-state index in [1.807, 2.05) is 20.8 Å². The van der Waals surface area contributed by atoms with Crippen LogP contribution < -0.4 is 64.3 Å². The lowest BCUT2D eigenvalue weighted by atomic mass is 9.62. The molecule has 3 fully saturated rings. The first-order chi connectivity index (χ1) is 63.9. The van der Waals surface area contributed by atoms with Crippen molar-refractivity contribution in [2.75, 3.05) is 35.8 Å². The lowest BCUT2D eigenvalue weighted by Crippen LogP contribution is -2.59. The molecule has 39 heteroatoms. The van der Waals surface area contributed by atoms with Crippen molar-refractivity contribution in [1.29, 1.82) is 15.8 Å². The zero-order valence-electron chi connectivity index (χ0n) is 77.7. The molecule has 0 aliphatic heterocycles. The molecule has 3 amide bonds. The molecule has 2 aromatic heterocycles. The van der Waals surface area contributed by atoms with Crippen molar-refractivity contribution >= 4 is 88.9 Å². The Kier molecular flexibility index (Phi) is 33.4. The van der Waals surface area contributed by atoms with Crippen LogP contribution in [0.5, 0.6) is 17.2 Å². The number of carbonyl (C=O) groups excluding carboxylic acids is 9. The standard InChI is InChI=1S/C36H54N6O6.C33H32N6O9.C27H18N6O6/c1-31(2)10-25(37-22-43)13-34(7,16-31)19-40-28(46)41(20-35(8)14-26(38-23-44)11-32(3,4)17-35)30(48)42(29(40)47)21-36(9)15-27(39-24-45)12-33(5,6)18-36;1-5-33(15-45-30(42)37-26-11-6-9-24(21(26)2)35-19-40,16-46-31(43)38-27-12-7-10-25(22(27)3)36-20-41)17-47-32(44)39-28-13-8-14-29(23(28)4)48-18-34;1-16-19(30-15-34)7-4-8-20(16)31-25(35)32(21-9-5-11-23(17(21)2)38-13-28)27(37)33(26(31)36)22-10-6-12-24(18(22)3)39-14-29/h25-27H,10-21H2,1-9H3;6-14H,5,15-17H2,1-4H3,(H,37,42)(H,38,43)(H,39,44);4-12H,1-3H3. The molecule has 0 saturated heterocycles. The number of carbonyl (C=O) groups is 3. The molecule has 8 aromatic rings. The molecular formula is C96H104N18O21. The number of anilines is 3. The topological polar surface area (TPSA) is 523 Å². The number of benzene rings is 6. The summed E-state index contributed by atoms with van der Waals surface area (Å²) in [6.45, 7) is 29.0. The molecular weight excluding hydrogens is 1740 g/mol. The zero-order chi connectivity index (χ0) is 99.3. The average molecular weight is 1850 g/mol. The molecule has 11 rings (SSSR count). The van der Waals surface area contributed by atoms with Gasteiger partial charge < -0.3 is 28.4 Å². The zero-order valence-corrected chi connectivity index (χ0v) is 77.7. The van der Waals surface area contributed by atoms with Crippen LogP contribution in [-0.4, -0.2) is 120 Å². The number of aromatic nitrogens is 6. The van der Waals surface area contributed by atoms with E-state index >= 15 is 0 Å². The third kappa shape index (κ3) is 25.2. The molecule has 0 bridgehead atoms. The molecule has 3 aliphatic rings. The SMILES string of the molecule is CC1(C)CC(N=C=O)CC(C)(Cn2c(=O)n(CC3(C)CC(N=C=O)CC(C)(C)C3)c(=O)n(CC3(C)CC(N=C=O)CC(C)(C)C3)c2=O)C1.CCC(COC(=O)Nc1cccc(N=C=O)c1C)(COC(=O)Nc1cccc(N=C=O)c1C)COC(=O)Nc1cccc(OC#N)c1C.Cc1c(N=C=O)cccc1-n1c(=O)n(-c2cccc(OC#N)c2C)c(=O)n(-c2cccc(OC#N)c2C)c1=O. The van der Waals surface area contributed by atoms with Gasteiger partial charge in [0.15, 0.2) is 0 Å². The Morgan fingerprint density at radius 1 is 0.370 bits per heavy atom. The van der Waals surface area contributed by atoms with Gasteiger partial charge in [-0.1, -0.05) is 106 Å². The predicted molar refractivity (Wildman–Crippen MR) is 493 cm³/mol. The molecule has 0 radical (unpaired) electrons. The molecule has 6 aromatic carbocycles. The minimum atomic E-state index is -1.22. The maximum absolute atomic E-state index is 14.4. The van der Waals surface area contributed by atoms with Crippen LogP contribution in [0, 0.1) is 114 Å². The van der Waals surface area contributed by atoms with E-state index in [9.17, 15) is 71.9 Å². The lowest BCUT2D eigenvalue weighted by molar-refractivity contribution is -0.0105. The monoisotopic (exact) mass is 1840 g/mol. The number of nitriles is 3. The van der Waals surface area contributed by atoms with Gasteiger partial charge in [-0.3, -0.25) is 16.0 Å². The normalized spacial score (nSPS) is 19.0. The smallest absolute Gasteiger partial charge is 0.411 e. The molecule has 3 aliphatic carbocycles. The number of isocyanates is 6. The molecule has 135 heavy (non-hydrogen) atoms. The highest BCUT2D eigenvalue weighted by atomic mass is 16.6. The van der Waals surface area contributed by atoms with E-state index < -0.39 is 74.1 Å². The van der Waals surface area contributed by atoms with Crippen molar-refractivity contribution in [3.63, 3.8) is 0 Å². The summed E-state index contributed by atoms with van der Waals surface area (Å²) >= 11 is 0. The second kappa shape index (κ2) is 43.9. The van der Waals surface area contributed by atoms with Crippen LogP contribution >= 0.6 is 0 Å². The van der Waals surface area contributed by atoms with Gasteiger partial charge in [0.1, 0.15) is 37.1 Å². The largest absolute Gasteiger partial charge is 0.448 e. The third-order valence-corrected chi connectivity index (χ3v) is 24.5. The van der Waals surface area contributed by atoms with Crippen LogP contribution in [-0.2, 0) is 62.6 Å². The van der Waals surface area contributed by atoms with Gasteiger partial charge in [0.05, 0.1) is 63.4 Å². The molecule has 39 nitrogen and oxygen atoms in total. The Morgan fingerprint density at radius 2 is 0.637 bits per heavy atom. The van der Waals surface area contributed by atoms with E-state index in [-0.39, 0.29) is 131 Å². The van der Waals surface area contributed by atoms with Crippen LogP contribution in [0.4, 0.5) is 48.5 Å². The summed E-state index contributed by atoms with van der Waals surface area (Å²) in [4.78, 5) is 213. The number of hydrogen-bond donors (Lipinski definition) is 3. The molecule has 6 atom stereocenters. The molecule has 3 N–H and O–H groups in total. The van der Waals surface area contributed by atoms with Gasteiger partial charge in [-0.25, -0.2) is 114 Å². The first-order valence-electron chi connectivity index (χ1n) is 42.9. The second-order valence-corrected chi connectivity index (χ2v) is 37.5. The summed E-state index contributed by atoms with van der Waals surface area (Å²) in [5.74, 6) is 0.448. The van der Waals surface area contributed by atoms with Crippen molar-refractivity contribution in [2.45, 2.75) is 213 Å². The minimum absolute atomic E-state index is 0.0553. The Bertz CT molecular complexity index is 6340. The van der Waals surface area contributed by atoms with E-state index in [4.69, 9.17) is 44.2 Å². The summed E-state index contributed by atoms with van der Waals surface area (Å²) < 4.78 is 37.3. The van der Waals surface area contributed by atoms with Crippen molar-refractivity contribution in [1.82, 2.24) is 27.4 Å². The Balaban J connectivity index is 0.000000229. The van der Waals surface area contributed by atoms with Crippen LogP contribution in [0.25, 0.3) is 17.1 Å². The maximum atomic E-state index is 14.4. The molecule has 0 spiro atoms. The van der Waals surface area contributed by atoms with Crippen LogP contribution in [0.1, 0.15) is 167 Å². The quantitative estimate of drug-likeness (QED) is 0.0177. The van der Waals surface area contributed by atoms with Gasteiger partial charge in [0.25, 0.3) is 18.8 Å².